The van der Waals surface area contributed by atoms with Crippen LogP contribution in [-0.4, -0.2) is 15.6 Å². The van der Waals surface area contributed by atoms with E-state index in [0.717, 1.165) is 11.8 Å². The fraction of sp³-hybridized carbons (Fsp3) is 0.286. The maximum absolute atomic E-state index is 11.6. The summed E-state index contributed by atoms with van der Waals surface area (Å²) in [6.07, 6.45) is 4.93. The molecule has 3 heteroatoms. The lowest BCUT2D eigenvalue weighted by atomic mass is 10.0. The number of rotatable bonds is 4. The van der Waals surface area contributed by atoms with Gasteiger partial charge in [-0.1, -0.05) is 41.1 Å². The van der Waals surface area contributed by atoms with Gasteiger partial charge in [0.2, 0.25) is 0 Å². The zero-order valence-corrected chi connectivity index (χ0v) is 11.3. The average Bonchev–Trinajstić information content (AvgIpc) is 2.38. The molecule has 0 aliphatic heterocycles. The van der Waals surface area contributed by atoms with Crippen molar-refractivity contribution in [3.63, 3.8) is 0 Å². The van der Waals surface area contributed by atoms with Crippen LogP contribution in [0.2, 0.25) is 0 Å². The van der Waals surface area contributed by atoms with E-state index in [9.17, 15) is 4.79 Å². The van der Waals surface area contributed by atoms with Gasteiger partial charge >= 0.3 is 0 Å². The molecular formula is C14H14BrNO. The van der Waals surface area contributed by atoms with Gasteiger partial charge in [-0.25, -0.2) is 0 Å². The third kappa shape index (κ3) is 2.72. The van der Waals surface area contributed by atoms with Crippen molar-refractivity contribution < 1.29 is 4.79 Å². The van der Waals surface area contributed by atoms with Crippen LogP contribution in [-0.2, 0) is 11.2 Å². The molecule has 0 bridgehead atoms. The summed E-state index contributed by atoms with van der Waals surface area (Å²) in [5.74, 6) is 0.242. The Balaban J connectivity index is 2.33. The van der Waals surface area contributed by atoms with Crippen LogP contribution in [0.5, 0.6) is 0 Å². The molecule has 88 valence electrons. The Bertz CT molecular complexity index is 533. The van der Waals surface area contributed by atoms with Crippen molar-refractivity contribution in [2.24, 2.45) is 0 Å². The van der Waals surface area contributed by atoms with Crippen LogP contribution in [0.15, 0.2) is 36.7 Å². The molecule has 1 aromatic heterocycles. The van der Waals surface area contributed by atoms with E-state index < -0.39 is 0 Å². The number of aromatic nitrogens is 1. The molecule has 0 saturated carbocycles. The van der Waals surface area contributed by atoms with Crippen molar-refractivity contribution in [1.29, 1.82) is 0 Å². The Morgan fingerprint density at radius 2 is 2.24 bits per heavy atom. The molecule has 0 fully saturated rings. The van der Waals surface area contributed by atoms with E-state index >= 15 is 0 Å². The van der Waals surface area contributed by atoms with Crippen LogP contribution in [0.1, 0.15) is 18.9 Å². The number of pyridine rings is 1. The summed E-state index contributed by atoms with van der Waals surface area (Å²) in [6, 6.07) is 8.13. The molecule has 1 atom stereocenters. The number of Topliss-reactive ketones (excluding diaryl/α,β-unsaturated/α-hetero) is 1. The van der Waals surface area contributed by atoms with E-state index in [2.05, 4.69) is 33.0 Å². The number of carbonyl (C=O) groups is 1. The lowest BCUT2D eigenvalue weighted by Crippen LogP contribution is -2.15. The second-order valence-electron chi connectivity index (χ2n) is 4.01. The largest absolute Gasteiger partial charge is 0.298 e. The van der Waals surface area contributed by atoms with E-state index in [1.807, 2.05) is 25.3 Å². The second-order valence-corrected chi connectivity index (χ2v) is 5.11. The van der Waals surface area contributed by atoms with Gasteiger partial charge < -0.3 is 0 Å². The summed E-state index contributed by atoms with van der Waals surface area (Å²) < 4.78 is 0. The first kappa shape index (κ1) is 12.2. The van der Waals surface area contributed by atoms with Crippen LogP contribution in [0.4, 0.5) is 0 Å². The Morgan fingerprint density at radius 1 is 1.41 bits per heavy atom. The van der Waals surface area contributed by atoms with Crippen molar-refractivity contribution in [1.82, 2.24) is 4.98 Å². The van der Waals surface area contributed by atoms with E-state index in [-0.39, 0.29) is 10.6 Å². The van der Waals surface area contributed by atoms with Crippen molar-refractivity contribution in [2.45, 2.75) is 24.6 Å². The standard InChI is InChI=1S/C14H14BrNO/c1-2-14(17)13(15)8-11-5-3-4-10-6-7-16-9-12(10)11/h3-7,9,13H,2,8H2,1H3. The summed E-state index contributed by atoms with van der Waals surface area (Å²) in [6.45, 7) is 1.89. The summed E-state index contributed by atoms with van der Waals surface area (Å²) in [7, 11) is 0. The van der Waals surface area contributed by atoms with Gasteiger partial charge in [-0.3, -0.25) is 9.78 Å². The Kier molecular flexibility index (Phi) is 3.89. The molecule has 0 radical (unpaired) electrons. The van der Waals surface area contributed by atoms with Gasteiger partial charge in [0.05, 0.1) is 4.83 Å². The Labute approximate surface area is 109 Å². The number of hydrogen-bond acceptors (Lipinski definition) is 2. The zero-order valence-electron chi connectivity index (χ0n) is 9.69. The minimum Gasteiger partial charge on any atom is -0.298 e. The number of halogens is 1. The molecule has 0 saturated heterocycles. The van der Waals surface area contributed by atoms with E-state index in [1.54, 1.807) is 6.20 Å². The van der Waals surface area contributed by atoms with E-state index in [0.29, 0.717) is 6.42 Å². The molecule has 2 nitrogen and oxygen atoms in total. The predicted molar refractivity (Wildman–Crippen MR) is 73.5 cm³/mol. The molecule has 0 aliphatic rings. The molecule has 2 rings (SSSR count). The summed E-state index contributed by atoms with van der Waals surface area (Å²) >= 11 is 3.46. The molecule has 1 heterocycles. The van der Waals surface area contributed by atoms with Gasteiger partial charge in [-0.15, -0.1) is 0 Å². The van der Waals surface area contributed by atoms with Crippen molar-refractivity contribution in [3.8, 4) is 0 Å². The van der Waals surface area contributed by atoms with E-state index in [1.165, 1.54) is 10.9 Å². The highest BCUT2D eigenvalue weighted by Crippen LogP contribution is 2.21. The molecular weight excluding hydrogens is 278 g/mol. The lowest BCUT2D eigenvalue weighted by molar-refractivity contribution is -0.118. The monoisotopic (exact) mass is 291 g/mol. The predicted octanol–water partition coefficient (Wildman–Crippen LogP) is 3.52. The molecule has 0 spiro atoms. The van der Waals surface area contributed by atoms with Gasteiger partial charge in [0.1, 0.15) is 5.78 Å². The number of fused-ring (bicyclic) bond motifs is 1. The fourth-order valence-corrected chi connectivity index (χ4v) is 2.56. The lowest BCUT2D eigenvalue weighted by Gasteiger charge is -2.10. The fourth-order valence-electron chi connectivity index (χ4n) is 1.88. The summed E-state index contributed by atoms with van der Waals surface area (Å²) in [5.41, 5.74) is 1.17. The van der Waals surface area contributed by atoms with Gasteiger partial charge in [0.15, 0.2) is 0 Å². The quantitative estimate of drug-likeness (QED) is 0.807. The van der Waals surface area contributed by atoms with Crippen molar-refractivity contribution in [2.75, 3.05) is 0 Å². The maximum Gasteiger partial charge on any atom is 0.146 e. The van der Waals surface area contributed by atoms with Crippen LogP contribution >= 0.6 is 15.9 Å². The van der Waals surface area contributed by atoms with Crippen LogP contribution in [0, 0.1) is 0 Å². The third-order valence-corrected chi connectivity index (χ3v) is 3.71. The Hall–Kier alpha value is -1.22. The number of carbonyl (C=O) groups excluding carboxylic acids is 1. The number of benzene rings is 1. The average molecular weight is 292 g/mol. The van der Waals surface area contributed by atoms with Crippen molar-refractivity contribution in [3.05, 3.63) is 42.2 Å². The maximum atomic E-state index is 11.6. The van der Waals surface area contributed by atoms with Gasteiger partial charge in [-0.05, 0) is 23.4 Å². The first-order valence-electron chi connectivity index (χ1n) is 5.70. The molecule has 1 aromatic carbocycles. The molecule has 2 aromatic rings. The number of alkyl halides is 1. The van der Waals surface area contributed by atoms with Gasteiger partial charge in [0, 0.05) is 24.2 Å². The zero-order chi connectivity index (χ0) is 12.3. The smallest absolute Gasteiger partial charge is 0.146 e. The molecule has 0 amide bonds. The normalized spacial score (nSPS) is 12.6. The molecule has 1 unspecified atom stereocenters. The third-order valence-electron chi connectivity index (χ3n) is 2.87. The minimum atomic E-state index is -0.0988. The highest BCUT2D eigenvalue weighted by atomic mass is 79.9. The van der Waals surface area contributed by atoms with Crippen LogP contribution in [0.3, 0.4) is 0 Å². The number of ketones is 1. The highest BCUT2D eigenvalue weighted by molar-refractivity contribution is 9.10. The van der Waals surface area contributed by atoms with E-state index in [4.69, 9.17) is 0 Å². The first-order chi connectivity index (χ1) is 8.22. The molecule has 0 N–H and O–H groups in total. The number of hydrogen-bond donors (Lipinski definition) is 0. The van der Waals surface area contributed by atoms with Gasteiger partial charge in [-0.2, -0.15) is 0 Å². The molecule has 0 aliphatic carbocycles. The molecule has 17 heavy (non-hydrogen) atoms. The number of nitrogens with zero attached hydrogens (tertiary/aromatic N) is 1. The first-order valence-corrected chi connectivity index (χ1v) is 6.62. The van der Waals surface area contributed by atoms with Gasteiger partial charge in [0.25, 0.3) is 0 Å². The topological polar surface area (TPSA) is 30.0 Å². The SMILES string of the molecule is CCC(=O)C(Br)Cc1cccc2ccncc12. The minimum absolute atomic E-state index is 0.0988. The second kappa shape index (κ2) is 5.41. The van der Waals surface area contributed by atoms with Crippen molar-refractivity contribution >= 4 is 32.5 Å². The summed E-state index contributed by atoms with van der Waals surface area (Å²) in [5, 5.41) is 2.30. The van der Waals surface area contributed by atoms with Crippen LogP contribution in [0.25, 0.3) is 10.8 Å². The van der Waals surface area contributed by atoms with Crippen LogP contribution < -0.4 is 0 Å². The highest BCUT2D eigenvalue weighted by Gasteiger charge is 2.14. The Morgan fingerprint density at radius 3 is 3.00 bits per heavy atom. The summed E-state index contributed by atoms with van der Waals surface area (Å²) in [4.78, 5) is 15.6.